The second kappa shape index (κ2) is 8.10. The van der Waals surface area contributed by atoms with Crippen molar-refractivity contribution in [3.05, 3.63) is 53.9 Å². The highest BCUT2D eigenvalue weighted by Crippen LogP contribution is 2.32. The number of carbonyl (C=O) groups is 1. The van der Waals surface area contributed by atoms with E-state index < -0.39 is 23.8 Å². The molecule has 0 aliphatic carbocycles. The van der Waals surface area contributed by atoms with Gasteiger partial charge in [0, 0.05) is 45.1 Å². The van der Waals surface area contributed by atoms with Crippen LogP contribution in [0.4, 0.5) is 13.2 Å². The molecule has 1 atom stereocenters. The molecular formula is C18H21F3N4O2. The highest BCUT2D eigenvalue weighted by Gasteiger charge is 2.36. The number of hydrogen-bond donors (Lipinski definition) is 1. The minimum atomic E-state index is -4.56. The average Bonchev–Trinajstić information content (AvgIpc) is 3.14. The van der Waals surface area contributed by atoms with Crippen molar-refractivity contribution in [3.63, 3.8) is 0 Å². The Morgan fingerprint density at radius 1 is 1.11 bits per heavy atom. The van der Waals surface area contributed by atoms with Crippen LogP contribution in [0, 0.1) is 0 Å². The molecule has 1 aromatic heterocycles. The quantitative estimate of drug-likeness (QED) is 0.856. The van der Waals surface area contributed by atoms with Crippen molar-refractivity contribution >= 4 is 5.91 Å². The van der Waals surface area contributed by atoms with Gasteiger partial charge >= 0.3 is 6.18 Å². The van der Waals surface area contributed by atoms with Crippen molar-refractivity contribution in [3.8, 4) is 0 Å². The molecule has 1 aromatic carbocycles. The molecule has 0 spiro atoms. The second-order valence-corrected chi connectivity index (χ2v) is 6.52. The van der Waals surface area contributed by atoms with Crippen LogP contribution < -0.4 is 0 Å². The first-order valence-electron chi connectivity index (χ1n) is 8.68. The van der Waals surface area contributed by atoms with Crippen molar-refractivity contribution < 1.29 is 23.1 Å². The fourth-order valence-electron chi connectivity index (χ4n) is 3.20. The molecule has 3 rings (SSSR count). The third-order valence-electron chi connectivity index (χ3n) is 4.55. The Morgan fingerprint density at radius 3 is 2.44 bits per heavy atom. The smallest absolute Gasteiger partial charge is 0.390 e. The monoisotopic (exact) mass is 382 g/mol. The molecule has 1 amide bonds. The van der Waals surface area contributed by atoms with Crippen molar-refractivity contribution in [2.75, 3.05) is 32.7 Å². The number of benzene rings is 1. The predicted molar refractivity (Wildman–Crippen MR) is 92.0 cm³/mol. The average molecular weight is 382 g/mol. The summed E-state index contributed by atoms with van der Waals surface area (Å²) >= 11 is 0. The SMILES string of the molecule is O=C(c1ccccc1C(F)(F)F)N1CCN(CC(O)Cn2cccn2)CC1. The van der Waals surface area contributed by atoms with E-state index in [9.17, 15) is 23.1 Å². The number of aromatic nitrogens is 2. The minimum Gasteiger partial charge on any atom is -0.390 e. The molecule has 0 saturated carbocycles. The molecule has 2 aromatic rings. The summed E-state index contributed by atoms with van der Waals surface area (Å²) in [6, 6.07) is 6.62. The Hall–Kier alpha value is -2.39. The van der Waals surface area contributed by atoms with Gasteiger partial charge in [0.05, 0.1) is 23.8 Å². The highest BCUT2D eigenvalue weighted by atomic mass is 19.4. The number of halogens is 3. The molecule has 2 heterocycles. The normalized spacial score (nSPS) is 17.1. The van der Waals surface area contributed by atoms with Crippen LogP contribution in [0.5, 0.6) is 0 Å². The first kappa shape index (κ1) is 19.4. The summed E-state index contributed by atoms with van der Waals surface area (Å²) in [6.45, 7) is 2.41. The third kappa shape index (κ3) is 4.86. The summed E-state index contributed by atoms with van der Waals surface area (Å²) in [6.07, 6.45) is -1.78. The molecule has 1 aliphatic heterocycles. The van der Waals surface area contributed by atoms with Gasteiger partial charge in [-0.3, -0.25) is 14.4 Å². The van der Waals surface area contributed by atoms with Crippen LogP contribution in [0.15, 0.2) is 42.7 Å². The lowest BCUT2D eigenvalue weighted by atomic mass is 10.1. The Balaban J connectivity index is 1.55. The van der Waals surface area contributed by atoms with Crippen LogP contribution in [-0.2, 0) is 12.7 Å². The zero-order chi connectivity index (χ0) is 19.4. The zero-order valence-corrected chi connectivity index (χ0v) is 14.6. The first-order chi connectivity index (χ1) is 12.8. The van der Waals surface area contributed by atoms with Gasteiger partial charge in [0.15, 0.2) is 0 Å². The maximum atomic E-state index is 13.1. The number of carbonyl (C=O) groups excluding carboxylic acids is 1. The molecule has 1 unspecified atom stereocenters. The lowest BCUT2D eigenvalue weighted by Crippen LogP contribution is -2.51. The maximum absolute atomic E-state index is 13.1. The number of piperazine rings is 1. The Labute approximate surface area is 154 Å². The van der Waals surface area contributed by atoms with Crippen LogP contribution in [0.1, 0.15) is 15.9 Å². The van der Waals surface area contributed by atoms with Crippen molar-refractivity contribution in [2.24, 2.45) is 0 Å². The predicted octanol–water partition coefficient (Wildman–Crippen LogP) is 1.72. The Bertz CT molecular complexity index is 756. The van der Waals surface area contributed by atoms with Gasteiger partial charge < -0.3 is 10.0 Å². The van der Waals surface area contributed by atoms with E-state index in [2.05, 4.69) is 5.10 Å². The zero-order valence-electron chi connectivity index (χ0n) is 14.6. The number of β-amino-alcohol motifs (C(OH)–C–C–N with tert-alkyl or cyclic N) is 1. The van der Waals surface area contributed by atoms with Crippen molar-refractivity contribution in [1.82, 2.24) is 19.6 Å². The third-order valence-corrected chi connectivity index (χ3v) is 4.55. The summed E-state index contributed by atoms with van der Waals surface area (Å²) in [4.78, 5) is 16.0. The van der Waals surface area contributed by atoms with Gasteiger partial charge in [-0.05, 0) is 18.2 Å². The van der Waals surface area contributed by atoms with Gasteiger partial charge in [-0.1, -0.05) is 12.1 Å². The molecule has 1 fully saturated rings. The molecule has 1 aliphatic rings. The number of aliphatic hydroxyl groups excluding tert-OH is 1. The van der Waals surface area contributed by atoms with E-state index in [4.69, 9.17) is 0 Å². The van der Waals surface area contributed by atoms with Crippen LogP contribution in [-0.4, -0.2) is 69.4 Å². The van der Waals surface area contributed by atoms with Gasteiger partial charge in [-0.15, -0.1) is 0 Å². The van der Waals surface area contributed by atoms with Gasteiger partial charge in [-0.2, -0.15) is 18.3 Å². The van der Waals surface area contributed by atoms with Crippen LogP contribution >= 0.6 is 0 Å². The molecule has 6 nitrogen and oxygen atoms in total. The summed E-state index contributed by atoms with van der Waals surface area (Å²) in [7, 11) is 0. The fraction of sp³-hybridized carbons (Fsp3) is 0.444. The molecular weight excluding hydrogens is 361 g/mol. The van der Waals surface area contributed by atoms with Crippen LogP contribution in [0.2, 0.25) is 0 Å². The number of hydrogen-bond acceptors (Lipinski definition) is 4. The highest BCUT2D eigenvalue weighted by molar-refractivity contribution is 5.96. The van der Waals surface area contributed by atoms with Crippen molar-refractivity contribution in [1.29, 1.82) is 0 Å². The lowest BCUT2D eigenvalue weighted by molar-refractivity contribution is -0.138. The van der Waals surface area contributed by atoms with Crippen LogP contribution in [0.25, 0.3) is 0 Å². The largest absolute Gasteiger partial charge is 0.417 e. The van der Waals surface area contributed by atoms with Gasteiger partial charge in [-0.25, -0.2) is 0 Å². The molecule has 1 N–H and O–H groups in total. The summed E-state index contributed by atoms with van der Waals surface area (Å²) in [5.41, 5.74) is -1.23. The van der Waals surface area contributed by atoms with Gasteiger partial charge in [0.2, 0.25) is 0 Å². The van der Waals surface area contributed by atoms with Gasteiger partial charge in [0.25, 0.3) is 5.91 Å². The standard InChI is InChI=1S/C18H21F3N4O2/c19-18(20,21)16-5-2-1-4-15(16)17(27)24-10-8-23(9-11-24)12-14(26)13-25-7-3-6-22-25/h1-7,14,26H,8-13H2. The topological polar surface area (TPSA) is 61.6 Å². The number of aliphatic hydroxyl groups is 1. The van der Waals surface area contributed by atoms with Gasteiger partial charge in [0.1, 0.15) is 0 Å². The van der Waals surface area contributed by atoms with E-state index in [-0.39, 0.29) is 5.56 Å². The minimum absolute atomic E-state index is 0.319. The maximum Gasteiger partial charge on any atom is 0.417 e. The Morgan fingerprint density at radius 2 is 1.81 bits per heavy atom. The molecule has 0 radical (unpaired) electrons. The lowest BCUT2D eigenvalue weighted by Gasteiger charge is -2.36. The molecule has 146 valence electrons. The van der Waals surface area contributed by atoms with E-state index in [1.165, 1.54) is 23.1 Å². The second-order valence-electron chi connectivity index (χ2n) is 6.52. The molecule has 0 bridgehead atoms. The Kier molecular flexibility index (Phi) is 5.81. The van der Waals surface area contributed by atoms with Crippen molar-refractivity contribution in [2.45, 2.75) is 18.8 Å². The first-order valence-corrected chi connectivity index (χ1v) is 8.68. The fourth-order valence-corrected chi connectivity index (χ4v) is 3.20. The molecule has 27 heavy (non-hydrogen) atoms. The number of amides is 1. The molecule has 1 saturated heterocycles. The van der Waals surface area contributed by atoms with E-state index in [0.717, 1.165) is 6.07 Å². The summed E-state index contributed by atoms with van der Waals surface area (Å²) in [5.74, 6) is -0.611. The van der Waals surface area contributed by atoms with E-state index in [1.54, 1.807) is 23.1 Å². The molecule has 9 heteroatoms. The number of nitrogens with zero attached hydrogens (tertiary/aromatic N) is 4. The van der Waals surface area contributed by atoms with E-state index in [0.29, 0.717) is 39.3 Å². The summed E-state index contributed by atoms with van der Waals surface area (Å²) in [5, 5.41) is 14.2. The van der Waals surface area contributed by atoms with E-state index >= 15 is 0 Å². The van der Waals surface area contributed by atoms with Crippen LogP contribution in [0.3, 0.4) is 0 Å². The van der Waals surface area contributed by atoms with E-state index in [1.807, 2.05) is 4.90 Å². The number of alkyl halides is 3. The number of rotatable bonds is 5. The summed E-state index contributed by atoms with van der Waals surface area (Å²) < 4.78 is 41.0.